The van der Waals surface area contributed by atoms with Crippen molar-refractivity contribution in [1.29, 1.82) is 0 Å². The Morgan fingerprint density at radius 1 is 1.21 bits per heavy atom. The Bertz CT molecular complexity index is 1180. The molecule has 1 aliphatic heterocycles. The van der Waals surface area contributed by atoms with Crippen molar-refractivity contribution < 1.29 is 9.15 Å². The van der Waals surface area contributed by atoms with E-state index in [1.54, 1.807) is 21.8 Å². The summed E-state index contributed by atoms with van der Waals surface area (Å²) in [6, 6.07) is 13.6. The summed E-state index contributed by atoms with van der Waals surface area (Å²) in [4.78, 5) is 0. The van der Waals surface area contributed by atoms with Crippen LogP contribution >= 0.6 is 12.2 Å². The van der Waals surface area contributed by atoms with Gasteiger partial charge in [-0.05, 0) is 49.3 Å². The highest BCUT2D eigenvalue weighted by atomic mass is 32.1. The molecule has 5 rings (SSSR count). The fourth-order valence-electron chi connectivity index (χ4n) is 3.32. The maximum absolute atomic E-state index is 5.73. The number of aromatic amines is 1. The summed E-state index contributed by atoms with van der Waals surface area (Å²) < 4.78 is 15.1. The second-order valence-electron chi connectivity index (χ2n) is 6.64. The van der Waals surface area contributed by atoms with Crippen molar-refractivity contribution in [1.82, 2.24) is 24.7 Å². The summed E-state index contributed by atoms with van der Waals surface area (Å²) in [7, 11) is 0. The number of nitrogens with one attached hydrogen (secondary N) is 1. The maximum atomic E-state index is 5.73. The van der Waals surface area contributed by atoms with Crippen molar-refractivity contribution in [3.05, 3.63) is 71.1 Å². The quantitative estimate of drug-likeness (QED) is 0.398. The van der Waals surface area contributed by atoms with Crippen LogP contribution in [0, 0.1) is 4.77 Å². The minimum atomic E-state index is -0.100. The SMILES string of the molecule is S=c1[nH]nc([C@H]2CCCO2)n1/N=C\c1cn(-c2ccccc2)nc1-c1ccco1. The van der Waals surface area contributed by atoms with E-state index >= 15 is 0 Å². The fourth-order valence-corrected chi connectivity index (χ4v) is 3.51. The van der Waals surface area contributed by atoms with E-state index in [0.717, 1.165) is 30.7 Å². The maximum Gasteiger partial charge on any atom is 0.216 e. The number of rotatable bonds is 5. The lowest BCUT2D eigenvalue weighted by Gasteiger charge is -2.07. The molecule has 0 unspecified atom stereocenters. The van der Waals surface area contributed by atoms with Crippen LogP contribution in [-0.2, 0) is 4.74 Å². The highest BCUT2D eigenvalue weighted by molar-refractivity contribution is 7.71. The molecule has 4 aromatic rings. The molecule has 1 aliphatic rings. The smallest absolute Gasteiger partial charge is 0.216 e. The van der Waals surface area contributed by atoms with Crippen LogP contribution in [0.4, 0.5) is 0 Å². The van der Waals surface area contributed by atoms with Crippen LogP contribution in [0.3, 0.4) is 0 Å². The van der Waals surface area contributed by atoms with Gasteiger partial charge in [0.25, 0.3) is 0 Å². The molecule has 8 nitrogen and oxygen atoms in total. The fraction of sp³-hybridized carbons (Fsp3) is 0.200. The average molecular weight is 406 g/mol. The van der Waals surface area contributed by atoms with Gasteiger partial charge in [-0.2, -0.15) is 20.0 Å². The van der Waals surface area contributed by atoms with Crippen LogP contribution in [-0.4, -0.2) is 37.5 Å². The molecular weight excluding hydrogens is 388 g/mol. The van der Waals surface area contributed by atoms with Crippen molar-refractivity contribution in [2.24, 2.45) is 5.10 Å². The molecule has 1 aromatic carbocycles. The van der Waals surface area contributed by atoms with Crippen molar-refractivity contribution >= 4 is 18.4 Å². The molecule has 0 amide bonds. The Labute approximate surface area is 171 Å². The Morgan fingerprint density at radius 3 is 2.86 bits per heavy atom. The normalized spacial score (nSPS) is 16.8. The van der Waals surface area contributed by atoms with Gasteiger partial charge in [0.05, 0.1) is 18.2 Å². The van der Waals surface area contributed by atoms with Gasteiger partial charge in [-0.3, -0.25) is 5.10 Å². The molecule has 1 fully saturated rings. The van der Waals surface area contributed by atoms with E-state index in [9.17, 15) is 0 Å². The zero-order valence-corrected chi connectivity index (χ0v) is 16.2. The summed E-state index contributed by atoms with van der Waals surface area (Å²) >= 11 is 5.35. The van der Waals surface area contributed by atoms with Crippen LogP contribution in [0.25, 0.3) is 17.1 Å². The molecule has 0 aliphatic carbocycles. The second-order valence-corrected chi connectivity index (χ2v) is 7.02. The van der Waals surface area contributed by atoms with Crippen LogP contribution in [0.1, 0.15) is 30.3 Å². The molecular formula is C20H18N6O2S. The second kappa shape index (κ2) is 7.61. The Hall–Kier alpha value is -3.30. The summed E-state index contributed by atoms with van der Waals surface area (Å²) in [6.45, 7) is 0.723. The van der Waals surface area contributed by atoms with E-state index in [1.165, 1.54) is 0 Å². The van der Waals surface area contributed by atoms with Gasteiger partial charge in [-0.15, -0.1) is 0 Å². The van der Waals surface area contributed by atoms with E-state index in [1.807, 2.05) is 48.7 Å². The third-order valence-electron chi connectivity index (χ3n) is 4.72. The van der Waals surface area contributed by atoms with Gasteiger partial charge in [0.1, 0.15) is 11.8 Å². The Morgan fingerprint density at radius 2 is 2.10 bits per heavy atom. The first-order valence-electron chi connectivity index (χ1n) is 9.32. The van der Waals surface area contributed by atoms with Gasteiger partial charge in [-0.25, -0.2) is 4.68 Å². The van der Waals surface area contributed by atoms with Crippen LogP contribution in [0.15, 0.2) is 64.4 Å². The standard InChI is InChI=1S/C20H18N6O2S/c29-20-23-22-19(17-9-5-11-28-17)26(20)21-12-14-13-25(15-6-2-1-3-7-15)24-18(14)16-8-4-10-27-16/h1-4,6-8,10,12-13,17H,5,9,11H2,(H,23,29)/b21-12-/t17-/m1/s1. The number of furan rings is 1. The highest BCUT2D eigenvalue weighted by Crippen LogP contribution is 2.27. The largest absolute Gasteiger partial charge is 0.463 e. The van der Waals surface area contributed by atoms with Gasteiger partial charge < -0.3 is 9.15 Å². The molecule has 0 radical (unpaired) electrons. The molecule has 29 heavy (non-hydrogen) atoms. The van der Waals surface area contributed by atoms with E-state index in [2.05, 4.69) is 15.3 Å². The number of hydrogen-bond acceptors (Lipinski definition) is 6. The lowest BCUT2D eigenvalue weighted by Crippen LogP contribution is -2.05. The predicted octanol–water partition coefficient (Wildman–Crippen LogP) is 4.12. The van der Waals surface area contributed by atoms with Gasteiger partial charge in [0.2, 0.25) is 4.77 Å². The van der Waals surface area contributed by atoms with Gasteiger partial charge in [-0.1, -0.05) is 18.2 Å². The highest BCUT2D eigenvalue weighted by Gasteiger charge is 2.23. The minimum Gasteiger partial charge on any atom is -0.463 e. The molecule has 0 saturated carbocycles. The molecule has 0 spiro atoms. The minimum absolute atomic E-state index is 0.100. The predicted molar refractivity (Wildman–Crippen MR) is 110 cm³/mol. The van der Waals surface area contributed by atoms with Crippen molar-refractivity contribution in [2.45, 2.75) is 18.9 Å². The zero-order valence-electron chi connectivity index (χ0n) is 15.4. The van der Waals surface area contributed by atoms with Crippen molar-refractivity contribution in [3.8, 4) is 17.1 Å². The molecule has 1 atom stereocenters. The molecule has 1 saturated heterocycles. The average Bonchev–Trinajstić information content (AvgIpc) is 3.53. The Balaban J connectivity index is 1.55. The van der Waals surface area contributed by atoms with Crippen LogP contribution < -0.4 is 0 Å². The van der Waals surface area contributed by atoms with E-state index in [0.29, 0.717) is 22.0 Å². The molecule has 1 N–H and O–H groups in total. The van der Waals surface area contributed by atoms with Gasteiger partial charge in [0.15, 0.2) is 11.6 Å². The third-order valence-corrected chi connectivity index (χ3v) is 4.99. The first-order chi connectivity index (χ1) is 14.3. The van der Waals surface area contributed by atoms with E-state index < -0.39 is 0 Å². The number of H-pyrrole nitrogens is 1. The topological polar surface area (TPSA) is 86.2 Å². The molecule has 146 valence electrons. The van der Waals surface area contributed by atoms with Gasteiger partial charge >= 0.3 is 0 Å². The van der Waals surface area contributed by atoms with Crippen LogP contribution in [0.5, 0.6) is 0 Å². The molecule has 4 heterocycles. The number of ether oxygens (including phenoxy) is 1. The third kappa shape index (κ3) is 3.45. The number of benzene rings is 1. The first-order valence-corrected chi connectivity index (χ1v) is 9.72. The summed E-state index contributed by atoms with van der Waals surface area (Å²) in [5.41, 5.74) is 2.43. The molecule has 3 aromatic heterocycles. The Kier molecular flexibility index (Phi) is 4.66. The zero-order chi connectivity index (χ0) is 19.6. The summed E-state index contributed by atoms with van der Waals surface area (Å²) in [5, 5.41) is 16.4. The molecule has 0 bridgehead atoms. The van der Waals surface area contributed by atoms with E-state index in [-0.39, 0.29) is 6.10 Å². The van der Waals surface area contributed by atoms with Crippen molar-refractivity contribution in [2.75, 3.05) is 6.61 Å². The van der Waals surface area contributed by atoms with Gasteiger partial charge in [0, 0.05) is 18.4 Å². The lowest BCUT2D eigenvalue weighted by atomic mass is 10.2. The lowest BCUT2D eigenvalue weighted by molar-refractivity contribution is 0.102. The number of aromatic nitrogens is 5. The number of hydrogen-bond donors (Lipinski definition) is 1. The summed E-state index contributed by atoms with van der Waals surface area (Å²) in [6.07, 6.45) is 7.05. The number of para-hydroxylation sites is 1. The molecule has 9 heteroatoms. The van der Waals surface area contributed by atoms with Crippen LogP contribution in [0.2, 0.25) is 0 Å². The monoisotopic (exact) mass is 406 g/mol. The van der Waals surface area contributed by atoms with E-state index in [4.69, 9.17) is 26.5 Å². The summed E-state index contributed by atoms with van der Waals surface area (Å²) in [5.74, 6) is 1.34. The van der Waals surface area contributed by atoms with Crippen molar-refractivity contribution in [3.63, 3.8) is 0 Å². The number of nitrogens with zero attached hydrogens (tertiary/aromatic N) is 5. The first kappa shape index (κ1) is 17.8.